The summed E-state index contributed by atoms with van der Waals surface area (Å²) < 4.78 is 0. The fraction of sp³-hybridized carbons (Fsp3) is 1.00. The van der Waals surface area contributed by atoms with Gasteiger partial charge in [-0.25, -0.2) is 0 Å². The van der Waals surface area contributed by atoms with Crippen molar-refractivity contribution in [2.75, 3.05) is 0 Å². The first-order valence-corrected chi connectivity index (χ1v) is 66.4. The predicted molar refractivity (Wildman–Crippen MR) is 587 cm³/mol. The van der Waals surface area contributed by atoms with Crippen LogP contribution in [0, 0.1) is 159 Å². The van der Waals surface area contributed by atoms with Crippen LogP contribution in [0.1, 0.15) is 687 Å². The van der Waals surface area contributed by atoms with Crippen LogP contribution in [0.3, 0.4) is 0 Å². The second-order valence-electron chi connectivity index (χ2n) is 56.1. The monoisotopic (exact) mass is 1850 g/mol. The average Bonchev–Trinajstić information content (AvgIpc) is 1.16. The summed E-state index contributed by atoms with van der Waals surface area (Å²) in [6.07, 6.45) is 165. The molecule has 0 saturated heterocycles. The van der Waals surface area contributed by atoms with E-state index in [-0.39, 0.29) is 0 Å². The molecule has 0 aromatic rings. The summed E-state index contributed by atoms with van der Waals surface area (Å²) in [4.78, 5) is 0. The van der Waals surface area contributed by atoms with Gasteiger partial charge < -0.3 is 0 Å². The summed E-state index contributed by atoms with van der Waals surface area (Å²) in [7, 11) is 0. The molecule has 0 heteroatoms. The third-order valence-corrected chi connectivity index (χ3v) is 45.2. The molecule has 0 heterocycles. The van der Waals surface area contributed by atoms with Gasteiger partial charge in [-0.15, -0.1) is 0 Å². The van der Waals surface area contributed by atoms with Gasteiger partial charge in [0.05, 0.1) is 0 Å². The fourth-order valence-corrected chi connectivity index (χ4v) is 34.7. The molecular formula is C134H240. The van der Waals surface area contributed by atoms with Crippen LogP contribution in [0.4, 0.5) is 0 Å². The van der Waals surface area contributed by atoms with Crippen molar-refractivity contribution in [1.29, 1.82) is 0 Å². The van der Waals surface area contributed by atoms with E-state index in [0.29, 0.717) is 0 Å². The van der Waals surface area contributed by atoms with Gasteiger partial charge in [0.15, 0.2) is 0 Å². The first kappa shape index (κ1) is 108. The minimum Gasteiger partial charge on any atom is -0.0533 e. The lowest BCUT2D eigenvalue weighted by Gasteiger charge is -2.49. The third-order valence-electron chi connectivity index (χ3n) is 45.2. The fourth-order valence-electron chi connectivity index (χ4n) is 34.7. The van der Waals surface area contributed by atoms with Crippen LogP contribution in [-0.4, -0.2) is 0 Å². The number of hydrogen-bond donors (Lipinski definition) is 0. The first-order valence-electron chi connectivity index (χ1n) is 66.4. The van der Waals surface area contributed by atoms with Crippen LogP contribution in [0.15, 0.2) is 0 Å². The van der Waals surface area contributed by atoms with Crippen molar-refractivity contribution in [2.24, 2.45) is 159 Å². The van der Waals surface area contributed by atoms with Crippen LogP contribution in [0.2, 0.25) is 0 Å². The second-order valence-corrected chi connectivity index (χ2v) is 56.1. The van der Waals surface area contributed by atoms with Crippen molar-refractivity contribution in [3.63, 3.8) is 0 Å². The van der Waals surface area contributed by atoms with Crippen molar-refractivity contribution in [3.05, 3.63) is 0 Å². The highest BCUT2D eigenvalue weighted by Crippen LogP contribution is 2.58. The molecular weight excluding hydrogens is 1610 g/mol. The van der Waals surface area contributed by atoms with E-state index < -0.39 is 0 Å². The largest absolute Gasteiger partial charge is 0.0533 e. The molecule has 38 fully saturated rings. The highest BCUT2D eigenvalue weighted by molar-refractivity contribution is 4.97. The molecule has 0 aromatic carbocycles. The summed E-state index contributed by atoms with van der Waals surface area (Å²) in [6, 6.07) is 0. The minimum absolute atomic E-state index is 0.858. The molecule has 38 aliphatic carbocycles. The molecule has 2 unspecified atom stereocenters. The summed E-state index contributed by atoms with van der Waals surface area (Å²) >= 11 is 0. The van der Waals surface area contributed by atoms with Gasteiger partial charge in [0.2, 0.25) is 0 Å². The molecule has 38 aliphatic rings. The molecule has 0 N–H and O–H groups in total. The lowest BCUT2D eigenvalue weighted by molar-refractivity contribution is 0.0197. The Kier molecular flexibility index (Phi) is 51.3. The van der Waals surface area contributed by atoms with Crippen LogP contribution in [0.5, 0.6) is 0 Å². The van der Waals surface area contributed by atoms with Crippen molar-refractivity contribution in [3.8, 4) is 0 Å². The van der Waals surface area contributed by atoms with Gasteiger partial charge >= 0.3 is 0 Å². The first-order chi connectivity index (χ1) is 66.4. The molecule has 38 rings (SSSR count). The number of rotatable bonds is 0. The number of fused-ring (bicyclic) bond motifs is 14. The zero-order valence-electron chi connectivity index (χ0n) is 91.2. The lowest BCUT2D eigenvalue weighted by atomic mass is 9.56. The van der Waals surface area contributed by atoms with Crippen molar-refractivity contribution in [2.45, 2.75) is 687 Å². The highest BCUT2D eigenvalue weighted by atomic mass is 14.5. The van der Waals surface area contributed by atoms with Gasteiger partial charge in [0.1, 0.15) is 0 Å². The van der Waals surface area contributed by atoms with Gasteiger partial charge in [0.25, 0.3) is 0 Å². The van der Waals surface area contributed by atoms with Crippen molar-refractivity contribution < 1.29 is 0 Å². The summed E-state index contributed by atoms with van der Waals surface area (Å²) in [5.41, 5.74) is 0.858. The Morgan fingerprint density at radius 2 is 0.209 bits per heavy atom. The molecule has 134 heavy (non-hydrogen) atoms. The Balaban J connectivity index is 0.000000108. The van der Waals surface area contributed by atoms with Gasteiger partial charge in [0, 0.05) is 0 Å². The van der Waals surface area contributed by atoms with Crippen LogP contribution < -0.4 is 0 Å². The third kappa shape index (κ3) is 41.4. The molecule has 776 valence electrons. The van der Waals surface area contributed by atoms with E-state index in [9.17, 15) is 0 Å². The summed E-state index contributed by atoms with van der Waals surface area (Å²) in [5.74, 6) is 30.7. The molecule has 0 nitrogen and oxygen atoms in total. The lowest BCUT2D eigenvalue weighted by Crippen LogP contribution is -2.38. The van der Waals surface area contributed by atoms with Gasteiger partial charge in [-0.3, -0.25) is 0 Å². The normalized spacial score (nSPS) is 40.8. The standard InChI is InChI=1S/C11H20.C10H16.2C10H18.3C8H14.C8H16.2C7H12.C7H14.2C6H10.C6H12.2C5H8.C5H10.C4H8.C3H6/c1-3-7-11(8-4-1)9-5-2-6-10-11;1-7-2-9-4-8(1)5-10(3-7)6-9;2*1-2-6-10-8-4-3-7-9(10)5-1;1-3-7-5-2-6-8(7)4-1;1-2-8-5-3-7(1)4-6-8;1-2-4-8-6-5-7(8)3-1;1-2-4-6-8-7-5-3-1;1-2-7-4-3-6(1)5-7;1-2-6-4-7(3-1)5-6;1-2-4-6-7-5-3-1;1-2-6-3-5(1)4-6;1-2-5-4-6(5)3-1;1-2-4-6-5-3-1;1-4-2-5(1)3-4;1-2-5-3-4(1)5;1-2-4-5-3-1;1-2-4-3-1;1-2-3-1/h1-10H2;7-10H,1-6H2;2*9-10H,1-8H2;3*7-8H,1-6H2;1-8H2;2*6-7H,1-5H2;1-7H2;2*5-6H,1-4H2;1-6H2;2*4-5H,1-3H2;1-5H2;1-4H2;1-3H2/t;;;;;;7-,8+;;;;;;5-,6+;;;;;;. The molecule has 14 bridgehead atoms. The maximum absolute atomic E-state index is 1.60. The van der Waals surface area contributed by atoms with Gasteiger partial charge in [-0.2, -0.15) is 0 Å². The smallest absolute Gasteiger partial charge is 0.0297 e. The van der Waals surface area contributed by atoms with E-state index >= 15 is 0 Å². The second kappa shape index (κ2) is 63.5. The van der Waals surface area contributed by atoms with Crippen molar-refractivity contribution in [1.82, 2.24) is 0 Å². The zero-order chi connectivity index (χ0) is 91.2. The Labute approximate surface area is 840 Å². The van der Waals surface area contributed by atoms with E-state index in [1.54, 1.807) is 347 Å². The molecule has 1 spiro atoms. The predicted octanol–water partition coefficient (Wildman–Crippen LogP) is 44.9. The Bertz CT molecular complexity index is 2470. The highest BCUT2D eigenvalue weighted by Gasteiger charge is 2.46. The maximum atomic E-state index is 1.60. The SMILES string of the molecule is C1C2CC1C2.C1C2CC3CC1CC(C2)C3.C1CC1.C1CC2CC(C1)C2.C1CC2CC12.C1CC2CC1C2.C1CC2CCC1C2.C1CC2CCC1CC2.C1CC2CCCC2C1.C1CCC1.C1CCC2(CC1)CCCCC2.C1CCC2CCCCC2C1.C1CCC2CCCCC2C1.C1CCCC1.C1CCCCC1.C1CCCCCC1.C1CCCCCCC1.C1CC[C@H]2CC[C@H]2C1.C1C[C@@H]2C[C@@H]2C1. The van der Waals surface area contributed by atoms with E-state index in [1.165, 1.54) is 459 Å². The molecule has 0 aromatic heterocycles. The van der Waals surface area contributed by atoms with Crippen LogP contribution in [0.25, 0.3) is 0 Å². The maximum Gasteiger partial charge on any atom is -0.0297 e. The summed E-state index contributed by atoms with van der Waals surface area (Å²) in [5, 5.41) is 0. The quantitative estimate of drug-likeness (QED) is 0.212. The number of hydrogen-bond acceptors (Lipinski definition) is 0. The van der Waals surface area contributed by atoms with Gasteiger partial charge in [-0.1, -0.05) is 533 Å². The van der Waals surface area contributed by atoms with E-state index in [4.69, 9.17) is 0 Å². The average molecular weight is 1850 g/mol. The zero-order valence-corrected chi connectivity index (χ0v) is 91.2. The van der Waals surface area contributed by atoms with E-state index in [2.05, 4.69) is 0 Å². The molecule has 38 saturated carbocycles. The molecule has 6 atom stereocenters. The van der Waals surface area contributed by atoms with Crippen LogP contribution >= 0.6 is 0 Å². The molecule has 0 amide bonds. The molecule has 0 radical (unpaired) electrons. The van der Waals surface area contributed by atoms with Crippen molar-refractivity contribution >= 4 is 0 Å². The van der Waals surface area contributed by atoms with E-state index in [0.717, 1.165) is 40.9 Å². The van der Waals surface area contributed by atoms with Crippen LogP contribution in [-0.2, 0) is 0 Å². The Hall–Kier alpha value is 0. The topological polar surface area (TPSA) is 0 Å². The Morgan fingerprint density at radius 1 is 0.0746 bits per heavy atom. The Morgan fingerprint density at radius 3 is 0.328 bits per heavy atom. The summed E-state index contributed by atoms with van der Waals surface area (Å²) in [6.45, 7) is 0. The molecule has 0 aliphatic heterocycles. The van der Waals surface area contributed by atoms with Gasteiger partial charge in [-0.05, 0) is 313 Å². The van der Waals surface area contributed by atoms with E-state index in [1.807, 2.05) is 0 Å². The minimum atomic E-state index is 0.858.